The molecule has 3 aliphatic heterocycles. The van der Waals surface area contributed by atoms with Gasteiger partial charge in [0.1, 0.15) is 125 Å². The van der Waals surface area contributed by atoms with Crippen molar-refractivity contribution in [1.82, 2.24) is 31.9 Å². The zero-order valence-corrected chi connectivity index (χ0v) is 55.0. The highest BCUT2D eigenvalue weighted by Crippen LogP contribution is 2.36. The predicted molar refractivity (Wildman–Crippen MR) is 354 cm³/mol. The Labute approximate surface area is 585 Å². The number of benzene rings is 6. The fourth-order valence-corrected chi connectivity index (χ4v) is 11.7. The summed E-state index contributed by atoms with van der Waals surface area (Å²) in [6, 6.07) is 45.2. The number of carbonyl (C=O) groups is 6. The van der Waals surface area contributed by atoms with Crippen molar-refractivity contribution in [3.05, 3.63) is 215 Å². The topological polar surface area (TPSA) is 433 Å². The van der Waals surface area contributed by atoms with E-state index in [1.807, 2.05) is 0 Å². The summed E-state index contributed by atoms with van der Waals surface area (Å²) in [5.74, 6) is 0. The van der Waals surface area contributed by atoms with Gasteiger partial charge in [-0.2, -0.15) is 0 Å². The Morgan fingerprint density at radius 3 is 0.971 bits per heavy atom. The summed E-state index contributed by atoms with van der Waals surface area (Å²) >= 11 is 0. The summed E-state index contributed by atoms with van der Waals surface area (Å²) in [5.41, 5.74) is 9.98. The average Bonchev–Trinajstić information content (AvgIpc) is 1.29. The molecule has 1 aliphatic carbocycles. The van der Waals surface area contributed by atoms with Crippen LogP contribution in [-0.4, -0.2) is 203 Å². The molecule has 1 saturated carbocycles. The number of nitrogens with two attached hydrogens (primary N) is 1. The van der Waals surface area contributed by atoms with E-state index < -0.39 is 179 Å². The van der Waals surface area contributed by atoms with Crippen molar-refractivity contribution in [2.75, 3.05) is 19.6 Å². The number of hydrogen-bond acceptors (Lipinski definition) is 25. The predicted octanol–water partition coefficient (Wildman–Crippen LogP) is 2.88. The van der Waals surface area contributed by atoms with Crippen LogP contribution in [0.5, 0.6) is 0 Å². The lowest BCUT2D eigenvalue weighted by Crippen LogP contribution is -2.70. The first-order valence-corrected chi connectivity index (χ1v) is 33.0. The van der Waals surface area contributed by atoms with Crippen LogP contribution in [0, 0.1) is 0 Å². The molecule has 0 radical (unpaired) electrons. The van der Waals surface area contributed by atoms with Crippen LogP contribution in [0.2, 0.25) is 0 Å². The number of rotatable bonds is 27. The first kappa shape index (κ1) is 75.1. The highest BCUT2D eigenvalue weighted by Gasteiger charge is 2.57. The van der Waals surface area contributed by atoms with Crippen LogP contribution in [0.1, 0.15) is 39.8 Å². The third kappa shape index (κ3) is 21.3. The lowest BCUT2D eigenvalue weighted by atomic mass is 9.83. The van der Waals surface area contributed by atoms with Crippen LogP contribution in [0.3, 0.4) is 0 Å². The van der Waals surface area contributed by atoms with E-state index in [0.29, 0.717) is 33.4 Å². The summed E-state index contributed by atoms with van der Waals surface area (Å²) in [6.45, 7) is -2.86. The van der Waals surface area contributed by atoms with Gasteiger partial charge in [-0.25, -0.2) is 28.8 Å². The molecule has 31 heteroatoms. The van der Waals surface area contributed by atoms with Gasteiger partial charge in [0.2, 0.25) is 0 Å². The van der Waals surface area contributed by atoms with Crippen molar-refractivity contribution in [1.29, 1.82) is 0 Å². The van der Waals surface area contributed by atoms with E-state index in [-0.39, 0.29) is 39.6 Å². The van der Waals surface area contributed by atoms with Gasteiger partial charge in [0.25, 0.3) is 0 Å². The maximum atomic E-state index is 14.2. The minimum Gasteiger partial charge on any atom is -0.445 e. The summed E-state index contributed by atoms with van der Waals surface area (Å²) < 4.78 is 71.7. The largest absolute Gasteiger partial charge is 0.445 e. The van der Waals surface area contributed by atoms with Crippen molar-refractivity contribution >= 4 is 36.6 Å². The van der Waals surface area contributed by atoms with Crippen LogP contribution < -0.4 is 37.6 Å². The second kappa shape index (κ2) is 37.4. The molecule has 102 heavy (non-hydrogen) atoms. The average molecular weight is 1420 g/mol. The van der Waals surface area contributed by atoms with Gasteiger partial charge in [-0.05, 0) is 39.8 Å². The number of carbonyl (C=O) groups excluding carboxylic acids is 6. The van der Waals surface area contributed by atoms with Crippen molar-refractivity contribution in [2.24, 2.45) is 5.73 Å². The molecular formula is C71H83N7O24. The Morgan fingerprint density at radius 1 is 0.333 bits per heavy atom. The molecule has 0 unspecified atom stereocenters. The standard InChI is InChI=1S/C71H83N7O24/c72-32-49-61(101-64-53(78-71(90)96-40-46-29-17-6-18-30-46)58(83)56(81)51(99-64)34-74-67(86)92-36-42-21-9-2-10-22-42)59(84)65(97-49)102-62-54(79)47(75-68(87)93-37-43-23-11-3-12-24-43)31-48(76-69(88)94-38-44-25-13-4-14-26-44)60(62)100-63-52(77-70(89)95-39-45-27-15-5-16-28-45)57(82)55(80)50(98-63)33-73-66(85)91-35-41-19-7-1-8-20-41/h1-30,47-65,79-84H,31-40,72H2,(H,73,85)(H,74,86)(H,75,87)(H,76,88)(H,77,89)(H,78,90)/t47-,48+,49-,50-,51+,52-,53-,54+,55-,56-,57-,58-,59-,60-,61-,62-,63-,64-,65+/m1/s1. The molecule has 3 heterocycles. The maximum absolute atomic E-state index is 14.2. The van der Waals surface area contributed by atoms with Crippen LogP contribution in [0.25, 0.3) is 0 Å². The number of ether oxygens (including phenoxy) is 12. The molecule has 6 aromatic carbocycles. The monoisotopic (exact) mass is 1420 g/mol. The third-order valence-corrected chi connectivity index (χ3v) is 17.1. The van der Waals surface area contributed by atoms with Gasteiger partial charge in [-0.15, -0.1) is 0 Å². The third-order valence-electron chi connectivity index (χ3n) is 17.1. The summed E-state index contributed by atoms with van der Waals surface area (Å²) in [4.78, 5) is 81.7. The lowest BCUT2D eigenvalue weighted by Gasteiger charge is -2.49. The molecule has 0 bridgehead atoms. The van der Waals surface area contributed by atoms with E-state index in [1.165, 1.54) is 0 Å². The zero-order chi connectivity index (χ0) is 71.9. The van der Waals surface area contributed by atoms with E-state index in [4.69, 9.17) is 62.6 Å². The Bertz CT molecular complexity index is 3590. The van der Waals surface area contributed by atoms with E-state index in [2.05, 4.69) is 31.9 Å². The Kier molecular flexibility index (Phi) is 27.5. The Hall–Kier alpha value is -9.58. The number of amides is 6. The quantitative estimate of drug-likeness (QED) is 0.0330. The number of nitrogens with one attached hydrogen (secondary N) is 6. The molecule has 3 saturated heterocycles. The first-order chi connectivity index (χ1) is 49.5. The summed E-state index contributed by atoms with van der Waals surface area (Å²) in [5, 5.41) is 87.9. The number of alkyl carbamates (subject to hydrolysis) is 6. The second-order valence-electron chi connectivity index (χ2n) is 24.3. The lowest BCUT2D eigenvalue weighted by molar-refractivity contribution is -0.310. The molecular weight excluding hydrogens is 1330 g/mol. The fourth-order valence-electron chi connectivity index (χ4n) is 11.7. The van der Waals surface area contributed by atoms with E-state index in [0.717, 1.165) is 0 Å². The van der Waals surface area contributed by atoms with Crippen molar-refractivity contribution in [3.8, 4) is 0 Å². The van der Waals surface area contributed by atoms with Crippen molar-refractivity contribution < 1.29 is 116 Å². The minimum absolute atomic E-state index is 0.129. The molecule has 6 aromatic rings. The molecule has 14 N–H and O–H groups in total. The van der Waals surface area contributed by atoms with Crippen LogP contribution in [0.4, 0.5) is 28.8 Å². The minimum atomic E-state index is -2.03. The molecule has 4 fully saturated rings. The van der Waals surface area contributed by atoms with Gasteiger partial charge in [0.05, 0.1) is 12.1 Å². The van der Waals surface area contributed by atoms with Gasteiger partial charge >= 0.3 is 36.6 Å². The van der Waals surface area contributed by atoms with Crippen LogP contribution >= 0.6 is 0 Å². The number of aliphatic hydroxyl groups is 6. The molecule has 4 aliphatic rings. The second-order valence-corrected chi connectivity index (χ2v) is 24.3. The summed E-state index contributed by atoms with van der Waals surface area (Å²) in [7, 11) is 0. The van der Waals surface area contributed by atoms with Gasteiger partial charge in [0, 0.05) is 19.6 Å². The van der Waals surface area contributed by atoms with Gasteiger partial charge in [-0.3, -0.25) is 0 Å². The van der Waals surface area contributed by atoms with Gasteiger partial charge in [-0.1, -0.05) is 182 Å². The fraction of sp³-hybridized carbons (Fsp3) is 0.408. The molecule has 6 amide bonds. The SMILES string of the molecule is NC[C@H]1O[C@@H](O[C@@H]2[C@@H](O)[C@H](NC(=O)OCc3ccccc3)C[C@H](NC(=O)OCc3ccccc3)[C@H]2O[C@H]2O[C@H](CNC(=O)OCc3ccccc3)[C@@H](O)[C@H](O)[C@H]2NC(=O)OCc2ccccc2)[C@H](O)[C@@H]1O[C@H]1O[C@@H](CNC(=O)OCc2ccccc2)[C@@H](O)[C@H](O)[C@H]1NC(=O)OCc1ccccc1. The van der Waals surface area contributed by atoms with Crippen molar-refractivity contribution in [3.63, 3.8) is 0 Å². The molecule has 0 spiro atoms. The van der Waals surface area contributed by atoms with E-state index in [1.54, 1.807) is 182 Å². The van der Waals surface area contributed by atoms with Gasteiger partial charge < -0.3 is 125 Å². The Balaban J connectivity index is 0.959. The van der Waals surface area contributed by atoms with E-state index >= 15 is 0 Å². The van der Waals surface area contributed by atoms with Crippen LogP contribution in [0.15, 0.2) is 182 Å². The highest BCUT2D eigenvalue weighted by atomic mass is 16.8. The molecule has 546 valence electrons. The van der Waals surface area contributed by atoms with Crippen LogP contribution in [-0.2, 0) is 96.5 Å². The van der Waals surface area contributed by atoms with Crippen molar-refractivity contribution in [2.45, 2.75) is 162 Å². The first-order valence-electron chi connectivity index (χ1n) is 33.0. The molecule has 10 rings (SSSR count). The maximum Gasteiger partial charge on any atom is 0.407 e. The summed E-state index contributed by atoms with van der Waals surface area (Å²) in [6.07, 6.45) is -34.4. The highest BCUT2D eigenvalue weighted by molar-refractivity contribution is 5.70. The molecule has 31 nitrogen and oxygen atoms in total. The Morgan fingerprint density at radius 2 is 0.627 bits per heavy atom. The van der Waals surface area contributed by atoms with E-state index in [9.17, 15) is 59.4 Å². The van der Waals surface area contributed by atoms with Gasteiger partial charge in [0.15, 0.2) is 18.9 Å². The molecule has 19 atom stereocenters. The number of hydrogen-bond donors (Lipinski definition) is 13. The zero-order valence-electron chi connectivity index (χ0n) is 55.0. The molecule has 0 aromatic heterocycles. The number of aliphatic hydroxyl groups excluding tert-OH is 6. The normalized spacial score (nSPS) is 28.2. The smallest absolute Gasteiger partial charge is 0.407 e.